The molecule has 2 aromatic rings. The molecule has 1 unspecified atom stereocenters. The Bertz CT molecular complexity index is 540. The zero-order valence-corrected chi connectivity index (χ0v) is 14.2. The van der Waals surface area contributed by atoms with Crippen molar-refractivity contribution in [3.05, 3.63) is 70.8 Å². The maximum Gasteiger partial charge on any atom is 0.0435 e. The number of aryl methyl sites for hydroxylation is 1. The molecule has 20 heavy (non-hydrogen) atoms. The Morgan fingerprint density at radius 1 is 0.900 bits per heavy atom. The molecule has 0 radical (unpaired) electrons. The Labute approximate surface area is 131 Å². The molecule has 2 aromatic carbocycles. The summed E-state index contributed by atoms with van der Waals surface area (Å²) in [6.45, 7) is 6.67. The summed E-state index contributed by atoms with van der Waals surface area (Å²) in [4.78, 5) is 0.386. The van der Waals surface area contributed by atoms with Gasteiger partial charge in [-0.3, -0.25) is 0 Å². The van der Waals surface area contributed by atoms with Gasteiger partial charge in [0.25, 0.3) is 0 Å². The molecule has 2 rings (SSSR count). The molecule has 0 amide bonds. The molecule has 0 aliphatic rings. The van der Waals surface area contributed by atoms with Crippen molar-refractivity contribution in [2.45, 2.75) is 38.4 Å². The third-order valence-electron chi connectivity index (χ3n) is 3.48. The number of hydrogen-bond donors (Lipinski definition) is 0. The summed E-state index contributed by atoms with van der Waals surface area (Å²) >= 11 is 3.82. The van der Waals surface area contributed by atoms with Crippen LogP contribution in [0.1, 0.15) is 40.9 Å². The molecule has 0 saturated carbocycles. The van der Waals surface area contributed by atoms with E-state index in [1.807, 2.05) is 0 Å². The van der Waals surface area contributed by atoms with E-state index in [4.69, 9.17) is 0 Å². The summed E-state index contributed by atoms with van der Waals surface area (Å²) in [7, 11) is 0. The van der Waals surface area contributed by atoms with Crippen LogP contribution >= 0.6 is 15.9 Å². The van der Waals surface area contributed by atoms with Crippen molar-refractivity contribution in [2.75, 3.05) is 0 Å². The van der Waals surface area contributed by atoms with E-state index in [0.717, 1.165) is 12.8 Å². The van der Waals surface area contributed by atoms with Gasteiger partial charge in [0.2, 0.25) is 0 Å². The third kappa shape index (κ3) is 4.49. The first-order valence-corrected chi connectivity index (χ1v) is 8.24. The van der Waals surface area contributed by atoms with Crippen LogP contribution in [0.15, 0.2) is 48.5 Å². The van der Waals surface area contributed by atoms with Crippen LogP contribution in [-0.2, 0) is 12.8 Å². The summed E-state index contributed by atoms with van der Waals surface area (Å²) in [5, 5.41) is 0. The van der Waals surface area contributed by atoms with E-state index in [9.17, 15) is 0 Å². The van der Waals surface area contributed by atoms with Gasteiger partial charge in [0.1, 0.15) is 0 Å². The molecule has 0 aromatic heterocycles. The lowest BCUT2D eigenvalue weighted by molar-refractivity contribution is 0.647. The molecule has 0 heterocycles. The van der Waals surface area contributed by atoms with Gasteiger partial charge in [0.05, 0.1) is 0 Å². The second kappa shape index (κ2) is 7.08. The van der Waals surface area contributed by atoms with E-state index in [0.29, 0.717) is 10.7 Å². The van der Waals surface area contributed by atoms with Gasteiger partial charge in [-0.1, -0.05) is 83.9 Å². The van der Waals surface area contributed by atoms with Crippen molar-refractivity contribution in [2.24, 2.45) is 5.92 Å². The highest BCUT2D eigenvalue weighted by atomic mass is 79.9. The fraction of sp³-hybridized carbons (Fsp3) is 0.368. The maximum atomic E-state index is 3.82. The molecule has 0 nitrogen and oxygen atoms in total. The van der Waals surface area contributed by atoms with Crippen LogP contribution in [0, 0.1) is 12.8 Å². The predicted octanol–water partition coefficient (Wildman–Crippen LogP) is 5.87. The van der Waals surface area contributed by atoms with Crippen LogP contribution in [0.4, 0.5) is 0 Å². The Balaban J connectivity index is 2.03. The minimum atomic E-state index is 0.386. The van der Waals surface area contributed by atoms with E-state index in [1.54, 1.807) is 0 Å². The zero-order valence-electron chi connectivity index (χ0n) is 12.6. The number of hydrogen-bond acceptors (Lipinski definition) is 0. The predicted molar refractivity (Wildman–Crippen MR) is 91.5 cm³/mol. The number of benzene rings is 2. The maximum absolute atomic E-state index is 3.82. The van der Waals surface area contributed by atoms with Gasteiger partial charge >= 0.3 is 0 Å². The van der Waals surface area contributed by atoms with Gasteiger partial charge in [-0.25, -0.2) is 0 Å². The standard InChI is InChI=1S/C19H23Br/c1-14(2)11-16-7-9-18(10-8-16)19(20)13-17-6-4-5-15(3)12-17/h4-10,12,14,19H,11,13H2,1-3H3. The normalized spacial score (nSPS) is 12.7. The van der Waals surface area contributed by atoms with Crippen LogP contribution in [0.25, 0.3) is 0 Å². The number of rotatable bonds is 5. The topological polar surface area (TPSA) is 0 Å². The van der Waals surface area contributed by atoms with E-state index >= 15 is 0 Å². The fourth-order valence-electron chi connectivity index (χ4n) is 2.50. The lowest BCUT2D eigenvalue weighted by Crippen LogP contribution is -1.98. The summed E-state index contributed by atoms with van der Waals surface area (Å²) < 4.78 is 0. The molecule has 0 saturated heterocycles. The van der Waals surface area contributed by atoms with Crippen LogP contribution in [0.5, 0.6) is 0 Å². The molecule has 0 bridgehead atoms. The highest BCUT2D eigenvalue weighted by Crippen LogP contribution is 2.27. The van der Waals surface area contributed by atoms with Crippen molar-refractivity contribution in [3.8, 4) is 0 Å². The van der Waals surface area contributed by atoms with E-state index < -0.39 is 0 Å². The van der Waals surface area contributed by atoms with E-state index in [2.05, 4.69) is 85.2 Å². The third-order valence-corrected chi connectivity index (χ3v) is 4.34. The molecule has 0 fully saturated rings. The molecule has 0 aliphatic heterocycles. The molecule has 0 N–H and O–H groups in total. The minimum Gasteiger partial charge on any atom is -0.0835 e. The van der Waals surface area contributed by atoms with Gasteiger partial charge in [-0.05, 0) is 42.4 Å². The van der Waals surface area contributed by atoms with Crippen LogP contribution in [-0.4, -0.2) is 0 Å². The molecular weight excluding hydrogens is 308 g/mol. The first kappa shape index (κ1) is 15.3. The summed E-state index contributed by atoms with van der Waals surface area (Å²) in [6, 6.07) is 17.8. The van der Waals surface area contributed by atoms with E-state index in [1.165, 1.54) is 22.3 Å². The average Bonchev–Trinajstić information content (AvgIpc) is 2.38. The van der Waals surface area contributed by atoms with Crippen LogP contribution < -0.4 is 0 Å². The zero-order chi connectivity index (χ0) is 14.5. The molecule has 106 valence electrons. The van der Waals surface area contributed by atoms with Crippen molar-refractivity contribution < 1.29 is 0 Å². The van der Waals surface area contributed by atoms with Crippen molar-refractivity contribution in [3.63, 3.8) is 0 Å². The van der Waals surface area contributed by atoms with E-state index in [-0.39, 0.29) is 0 Å². The lowest BCUT2D eigenvalue weighted by Gasteiger charge is -2.12. The van der Waals surface area contributed by atoms with Gasteiger partial charge in [0, 0.05) is 4.83 Å². The van der Waals surface area contributed by atoms with Gasteiger partial charge in [-0.15, -0.1) is 0 Å². The largest absolute Gasteiger partial charge is 0.0835 e. The van der Waals surface area contributed by atoms with Crippen molar-refractivity contribution in [1.29, 1.82) is 0 Å². The molecule has 0 aliphatic carbocycles. The Morgan fingerprint density at radius 2 is 1.60 bits per heavy atom. The average molecular weight is 331 g/mol. The Hall–Kier alpha value is -1.08. The van der Waals surface area contributed by atoms with Crippen LogP contribution in [0.3, 0.4) is 0 Å². The smallest absolute Gasteiger partial charge is 0.0435 e. The molecule has 1 atom stereocenters. The highest BCUT2D eigenvalue weighted by molar-refractivity contribution is 9.09. The molecule has 0 spiro atoms. The monoisotopic (exact) mass is 330 g/mol. The molecule has 1 heteroatoms. The first-order chi connectivity index (χ1) is 9.54. The molecular formula is C19H23Br. The van der Waals surface area contributed by atoms with Crippen molar-refractivity contribution in [1.82, 2.24) is 0 Å². The Kier molecular flexibility index (Phi) is 5.42. The second-order valence-corrected chi connectivity index (χ2v) is 7.11. The summed E-state index contributed by atoms with van der Waals surface area (Å²) in [5.74, 6) is 0.716. The number of halogens is 1. The number of alkyl halides is 1. The highest BCUT2D eigenvalue weighted by Gasteiger charge is 2.09. The van der Waals surface area contributed by atoms with Crippen LogP contribution in [0.2, 0.25) is 0 Å². The summed E-state index contributed by atoms with van der Waals surface area (Å²) in [5.41, 5.74) is 5.51. The van der Waals surface area contributed by atoms with Gasteiger partial charge < -0.3 is 0 Å². The Morgan fingerprint density at radius 3 is 2.20 bits per heavy atom. The van der Waals surface area contributed by atoms with Crippen molar-refractivity contribution >= 4 is 15.9 Å². The SMILES string of the molecule is Cc1cccc(CC(Br)c2ccc(CC(C)C)cc2)c1. The van der Waals surface area contributed by atoms with Gasteiger partial charge in [-0.2, -0.15) is 0 Å². The quantitative estimate of drug-likeness (QED) is 0.601. The minimum absolute atomic E-state index is 0.386. The summed E-state index contributed by atoms with van der Waals surface area (Å²) in [6.07, 6.45) is 2.19. The lowest BCUT2D eigenvalue weighted by atomic mass is 9.99. The first-order valence-electron chi connectivity index (χ1n) is 7.33. The fourth-order valence-corrected chi connectivity index (χ4v) is 3.18. The van der Waals surface area contributed by atoms with Gasteiger partial charge in [0.15, 0.2) is 0 Å². The second-order valence-electron chi connectivity index (χ2n) is 6.00.